The van der Waals surface area contributed by atoms with Crippen molar-refractivity contribution in [2.24, 2.45) is 5.92 Å². The van der Waals surface area contributed by atoms with E-state index >= 15 is 0 Å². The fraction of sp³-hybridized carbons (Fsp3) is 0.333. The van der Waals surface area contributed by atoms with E-state index in [9.17, 15) is 9.59 Å². The Kier molecular flexibility index (Phi) is 4.57. The van der Waals surface area contributed by atoms with Gasteiger partial charge in [-0.3, -0.25) is 14.5 Å². The molecule has 0 aromatic heterocycles. The lowest BCUT2D eigenvalue weighted by Gasteiger charge is -2.18. The van der Waals surface area contributed by atoms with Crippen molar-refractivity contribution in [1.29, 1.82) is 0 Å². The van der Waals surface area contributed by atoms with Crippen LogP contribution in [-0.4, -0.2) is 36.3 Å². The minimum Gasteiger partial charge on any atom is -0.316 e. The summed E-state index contributed by atoms with van der Waals surface area (Å²) in [5.41, 5.74) is 1.32. The number of nitrogens with zero attached hydrogens (tertiary/aromatic N) is 1. The van der Waals surface area contributed by atoms with Gasteiger partial charge in [-0.15, -0.1) is 12.4 Å². The van der Waals surface area contributed by atoms with Crippen molar-refractivity contribution in [3.05, 3.63) is 42.0 Å². The number of hydrogen-bond donors (Lipinski definition) is 1. The number of carbonyl (C=O) groups is 2. The Labute approximate surface area is 124 Å². The Morgan fingerprint density at radius 2 is 1.95 bits per heavy atom. The molecule has 1 fully saturated rings. The molecule has 1 aromatic rings. The smallest absolute Gasteiger partial charge is 0.261 e. The van der Waals surface area contributed by atoms with E-state index in [-0.39, 0.29) is 24.2 Å². The van der Waals surface area contributed by atoms with Crippen LogP contribution in [0.3, 0.4) is 0 Å². The Morgan fingerprint density at radius 1 is 1.20 bits per heavy atom. The van der Waals surface area contributed by atoms with Gasteiger partial charge in [0.2, 0.25) is 0 Å². The second-order valence-corrected chi connectivity index (χ2v) is 5.04. The highest BCUT2D eigenvalue weighted by Crippen LogP contribution is 2.24. The maximum Gasteiger partial charge on any atom is 0.261 e. The van der Waals surface area contributed by atoms with Gasteiger partial charge in [0, 0.05) is 12.6 Å². The molecule has 2 aliphatic heterocycles. The van der Waals surface area contributed by atoms with Crippen molar-refractivity contribution in [2.45, 2.75) is 6.42 Å². The van der Waals surface area contributed by atoms with Crippen LogP contribution in [-0.2, 0) is 9.59 Å². The average molecular weight is 293 g/mol. The first-order chi connectivity index (χ1) is 9.25. The molecule has 0 bridgehead atoms. The molecule has 106 valence electrons. The fourth-order valence-corrected chi connectivity index (χ4v) is 2.63. The summed E-state index contributed by atoms with van der Waals surface area (Å²) in [6.45, 7) is 2.38. The topological polar surface area (TPSA) is 49.4 Å². The Balaban J connectivity index is 0.00000147. The van der Waals surface area contributed by atoms with Crippen molar-refractivity contribution in [2.75, 3.05) is 19.6 Å². The summed E-state index contributed by atoms with van der Waals surface area (Å²) in [7, 11) is 0. The second kappa shape index (κ2) is 6.20. The van der Waals surface area contributed by atoms with Crippen LogP contribution in [0.5, 0.6) is 0 Å². The third-order valence-corrected chi connectivity index (χ3v) is 3.70. The van der Waals surface area contributed by atoms with Gasteiger partial charge in [0.15, 0.2) is 0 Å². The van der Waals surface area contributed by atoms with E-state index in [0.717, 1.165) is 25.1 Å². The highest BCUT2D eigenvalue weighted by Gasteiger charge is 2.33. The van der Waals surface area contributed by atoms with Crippen LogP contribution < -0.4 is 5.32 Å². The molecule has 1 atom stereocenters. The SMILES string of the molecule is Cl.O=C1C=C(c2ccccc2)C(=O)N1C[C@@H]1CCNC1. The Bertz CT molecular complexity index is 536. The van der Waals surface area contributed by atoms with Gasteiger partial charge in [-0.25, -0.2) is 0 Å². The summed E-state index contributed by atoms with van der Waals surface area (Å²) in [6, 6.07) is 9.36. The maximum atomic E-state index is 12.3. The predicted octanol–water partition coefficient (Wildman–Crippen LogP) is 1.47. The molecule has 0 radical (unpaired) electrons. The standard InChI is InChI=1S/C15H16N2O2.ClH/c18-14-8-13(12-4-2-1-3-5-12)15(19)17(14)10-11-6-7-16-9-11;/h1-5,8,11,16H,6-7,9-10H2;1H/t11-;/m1./s1. The molecule has 1 saturated heterocycles. The Hall–Kier alpha value is -1.65. The first-order valence-electron chi connectivity index (χ1n) is 6.59. The number of benzene rings is 1. The lowest BCUT2D eigenvalue weighted by atomic mass is 10.1. The van der Waals surface area contributed by atoms with Gasteiger partial charge in [-0.1, -0.05) is 30.3 Å². The summed E-state index contributed by atoms with van der Waals surface area (Å²) >= 11 is 0. The zero-order valence-corrected chi connectivity index (χ0v) is 11.9. The van der Waals surface area contributed by atoms with Gasteiger partial charge >= 0.3 is 0 Å². The quantitative estimate of drug-likeness (QED) is 0.859. The van der Waals surface area contributed by atoms with Crippen LogP contribution in [0.1, 0.15) is 12.0 Å². The number of carbonyl (C=O) groups excluding carboxylic acids is 2. The van der Waals surface area contributed by atoms with E-state index < -0.39 is 0 Å². The van der Waals surface area contributed by atoms with Crippen molar-refractivity contribution in [3.63, 3.8) is 0 Å². The van der Waals surface area contributed by atoms with E-state index in [1.807, 2.05) is 30.3 Å². The zero-order chi connectivity index (χ0) is 13.2. The third-order valence-electron chi connectivity index (χ3n) is 3.70. The fourth-order valence-electron chi connectivity index (χ4n) is 2.63. The normalized spacial score (nSPS) is 21.9. The number of nitrogens with one attached hydrogen (secondary N) is 1. The van der Waals surface area contributed by atoms with Gasteiger partial charge in [0.25, 0.3) is 11.8 Å². The molecule has 20 heavy (non-hydrogen) atoms. The lowest BCUT2D eigenvalue weighted by molar-refractivity contribution is -0.137. The predicted molar refractivity (Wildman–Crippen MR) is 79.4 cm³/mol. The number of imide groups is 1. The van der Waals surface area contributed by atoms with E-state index in [1.54, 1.807) is 0 Å². The van der Waals surface area contributed by atoms with Crippen molar-refractivity contribution in [1.82, 2.24) is 10.2 Å². The van der Waals surface area contributed by atoms with E-state index in [4.69, 9.17) is 0 Å². The molecule has 3 rings (SSSR count). The van der Waals surface area contributed by atoms with Crippen LogP contribution in [0.2, 0.25) is 0 Å². The zero-order valence-electron chi connectivity index (χ0n) is 11.0. The number of amides is 2. The lowest BCUT2D eigenvalue weighted by Crippen LogP contribution is -2.36. The molecule has 0 spiro atoms. The van der Waals surface area contributed by atoms with Crippen molar-refractivity contribution < 1.29 is 9.59 Å². The molecule has 2 aliphatic rings. The van der Waals surface area contributed by atoms with Crippen LogP contribution in [0.15, 0.2) is 36.4 Å². The molecule has 2 amide bonds. The molecule has 0 aliphatic carbocycles. The molecular weight excluding hydrogens is 276 g/mol. The van der Waals surface area contributed by atoms with Crippen LogP contribution in [0.4, 0.5) is 0 Å². The molecular formula is C15H17ClN2O2. The van der Waals surface area contributed by atoms with Gasteiger partial charge < -0.3 is 5.32 Å². The largest absolute Gasteiger partial charge is 0.316 e. The van der Waals surface area contributed by atoms with Gasteiger partial charge in [-0.05, 0) is 31.0 Å². The highest BCUT2D eigenvalue weighted by molar-refractivity contribution is 6.33. The molecule has 1 N–H and O–H groups in total. The van der Waals surface area contributed by atoms with E-state index in [1.165, 1.54) is 11.0 Å². The van der Waals surface area contributed by atoms with E-state index in [2.05, 4.69) is 5.32 Å². The molecule has 0 unspecified atom stereocenters. The third kappa shape index (κ3) is 2.76. The summed E-state index contributed by atoms with van der Waals surface area (Å²) in [4.78, 5) is 25.7. The van der Waals surface area contributed by atoms with Crippen molar-refractivity contribution in [3.8, 4) is 0 Å². The van der Waals surface area contributed by atoms with Gasteiger partial charge in [0.1, 0.15) is 0 Å². The highest BCUT2D eigenvalue weighted by atomic mass is 35.5. The van der Waals surface area contributed by atoms with Gasteiger partial charge in [-0.2, -0.15) is 0 Å². The summed E-state index contributed by atoms with van der Waals surface area (Å²) in [5, 5.41) is 3.25. The number of halogens is 1. The summed E-state index contributed by atoms with van der Waals surface area (Å²) < 4.78 is 0. The molecule has 0 saturated carbocycles. The molecule has 4 nitrogen and oxygen atoms in total. The van der Waals surface area contributed by atoms with Crippen LogP contribution in [0, 0.1) is 5.92 Å². The monoisotopic (exact) mass is 292 g/mol. The number of rotatable bonds is 3. The summed E-state index contributed by atoms with van der Waals surface area (Å²) in [5.74, 6) is 0.0373. The molecule has 2 heterocycles. The first-order valence-corrected chi connectivity index (χ1v) is 6.59. The minimum atomic E-state index is -0.184. The molecule has 1 aromatic carbocycles. The average Bonchev–Trinajstić information content (AvgIpc) is 3.03. The van der Waals surface area contributed by atoms with E-state index in [0.29, 0.717) is 18.0 Å². The van der Waals surface area contributed by atoms with Crippen LogP contribution >= 0.6 is 12.4 Å². The molecule has 5 heteroatoms. The van der Waals surface area contributed by atoms with Crippen LogP contribution in [0.25, 0.3) is 5.57 Å². The van der Waals surface area contributed by atoms with Crippen molar-refractivity contribution >= 4 is 29.8 Å². The second-order valence-electron chi connectivity index (χ2n) is 5.04. The summed E-state index contributed by atoms with van der Waals surface area (Å²) in [6.07, 6.45) is 2.48. The minimum absolute atomic E-state index is 0. The Morgan fingerprint density at radius 3 is 2.60 bits per heavy atom. The van der Waals surface area contributed by atoms with Gasteiger partial charge in [0.05, 0.1) is 5.57 Å². The number of hydrogen-bond acceptors (Lipinski definition) is 3. The first kappa shape index (κ1) is 14.8. The maximum absolute atomic E-state index is 12.3.